The molecule has 1 fully saturated rings. The lowest BCUT2D eigenvalue weighted by molar-refractivity contribution is 0.00829. The van der Waals surface area contributed by atoms with Crippen molar-refractivity contribution in [3.63, 3.8) is 0 Å². The lowest BCUT2D eigenvalue weighted by atomic mass is 10.1. The summed E-state index contributed by atoms with van der Waals surface area (Å²) >= 11 is 0. The number of benzene rings is 1. The topological polar surface area (TPSA) is 86.3 Å². The van der Waals surface area contributed by atoms with Crippen LogP contribution in [0.15, 0.2) is 30.5 Å². The highest BCUT2D eigenvalue weighted by Gasteiger charge is 2.25. The van der Waals surface area contributed by atoms with Crippen molar-refractivity contribution in [3.05, 3.63) is 41.7 Å². The number of nitrogens with two attached hydrogens (primary N) is 1. The van der Waals surface area contributed by atoms with Gasteiger partial charge >= 0.3 is 0 Å². The molecule has 2 N–H and O–H groups in total. The first-order valence-electron chi connectivity index (χ1n) is 8.77. The smallest absolute Gasteiger partial charge is 0.276 e. The van der Waals surface area contributed by atoms with E-state index in [0.29, 0.717) is 31.9 Å². The Morgan fingerprint density at radius 3 is 2.62 bits per heavy atom. The zero-order valence-electron chi connectivity index (χ0n) is 15.0. The highest BCUT2D eigenvalue weighted by Crippen LogP contribution is 2.16. The van der Waals surface area contributed by atoms with Crippen LogP contribution in [0.5, 0.6) is 0 Å². The number of carbonyl (C=O) groups excluding carboxylic acids is 1. The maximum Gasteiger partial charge on any atom is 0.276 e. The van der Waals surface area contributed by atoms with Crippen LogP contribution in [0.3, 0.4) is 0 Å². The number of amides is 1. The van der Waals surface area contributed by atoms with Gasteiger partial charge in [-0.25, -0.2) is 4.68 Å². The Hall–Kier alpha value is -1.96. The van der Waals surface area contributed by atoms with Crippen LogP contribution >= 0.6 is 12.4 Å². The van der Waals surface area contributed by atoms with Crippen molar-refractivity contribution in [1.29, 1.82) is 0 Å². The number of nitrogens with zero attached hydrogens (tertiary/aromatic N) is 4. The largest absolute Gasteiger partial charge is 0.378 e. The molecule has 0 bridgehead atoms. The van der Waals surface area contributed by atoms with E-state index >= 15 is 0 Å². The second-order valence-electron chi connectivity index (χ2n) is 6.39. The number of aromatic nitrogens is 3. The molecule has 1 aromatic carbocycles. The number of halogens is 1. The third-order valence-electron chi connectivity index (χ3n) is 4.44. The average molecular weight is 380 g/mol. The minimum absolute atomic E-state index is 0. The van der Waals surface area contributed by atoms with Gasteiger partial charge in [-0.15, -0.1) is 17.5 Å². The normalized spacial score (nSPS) is 14.9. The van der Waals surface area contributed by atoms with Gasteiger partial charge in [0.25, 0.3) is 5.91 Å². The van der Waals surface area contributed by atoms with Crippen molar-refractivity contribution < 1.29 is 9.53 Å². The number of ether oxygens (including phenoxy) is 1. The predicted octanol–water partition coefficient (Wildman–Crippen LogP) is 1.97. The first-order valence-corrected chi connectivity index (χ1v) is 8.77. The Bertz CT molecular complexity index is 696. The number of aryl methyl sites for hydroxylation is 1. The molecule has 0 spiro atoms. The van der Waals surface area contributed by atoms with Gasteiger partial charge in [-0.05, 0) is 44.9 Å². The van der Waals surface area contributed by atoms with Crippen molar-refractivity contribution in [2.24, 2.45) is 5.73 Å². The molecule has 0 radical (unpaired) electrons. The monoisotopic (exact) mass is 379 g/mol. The summed E-state index contributed by atoms with van der Waals surface area (Å²) in [5.74, 6) is -0.0706. The fourth-order valence-corrected chi connectivity index (χ4v) is 2.91. The minimum Gasteiger partial charge on any atom is -0.378 e. The van der Waals surface area contributed by atoms with E-state index in [2.05, 4.69) is 10.3 Å². The van der Waals surface area contributed by atoms with Gasteiger partial charge in [-0.3, -0.25) is 4.79 Å². The zero-order chi connectivity index (χ0) is 17.6. The van der Waals surface area contributed by atoms with Gasteiger partial charge < -0.3 is 15.4 Å². The molecule has 2 heterocycles. The molecule has 1 amide bonds. The molecule has 2 aromatic rings. The molecule has 1 aliphatic heterocycles. The molecule has 0 atom stereocenters. The molecular weight excluding hydrogens is 354 g/mol. The van der Waals surface area contributed by atoms with Crippen molar-refractivity contribution in [3.8, 4) is 5.69 Å². The van der Waals surface area contributed by atoms with Crippen molar-refractivity contribution in [2.75, 3.05) is 26.2 Å². The standard InChI is InChI=1S/C18H25N5O2.ClH/c1-14-3-5-15(6-4-14)23-13-17(20-21-23)18(24)22-10-7-16(8-11-22)25-12-2-9-19;/h3-6,13,16H,2,7-12,19H2,1H3;1H. The van der Waals surface area contributed by atoms with Gasteiger partial charge in [-0.2, -0.15) is 0 Å². The number of likely N-dealkylation sites (tertiary alicyclic amines) is 1. The predicted molar refractivity (Wildman–Crippen MR) is 102 cm³/mol. The summed E-state index contributed by atoms with van der Waals surface area (Å²) in [5, 5.41) is 8.13. The summed E-state index contributed by atoms with van der Waals surface area (Å²) in [6.45, 7) is 4.74. The molecule has 142 valence electrons. The van der Waals surface area contributed by atoms with Crippen LogP contribution in [-0.4, -0.2) is 58.1 Å². The Kier molecular flexibility index (Phi) is 7.56. The second kappa shape index (κ2) is 9.66. The summed E-state index contributed by atoms with van der Waals surface area (Å²) in [7, 11) is 0. The van der Waals surface area contributed by atoms with Gasteiger partial charge in [0.2, 0.25) is 0 Å². The van der Waals surface area contributed by atoms with E-state index in [1.54, 1.807) is 10.9 Å². The second-order valence-corrected chi connectivity index (χ2v) is 6.39. The van der Waals surface area contributed by atoms with Crippen LogP contribution in [0.2, 0.25) is 0 Å². The van der Waals surface area contributed by atoms with E-state index in [-0.39, 0.29) is 24.4 Å². The number of hydrogen-bond donors (Lipinski definition) is 1. The van der Waals surface area contributed by atoms with Crippen LogP contribution in [0.25, 0.3) is 5.69 Å². The molecular formula is C18H26ClN5O2. The van der Waals surface area contributed by atoms with Gasteiger partial charge in [0.05, 0.1) is 18.0 Å². The molecule has 0 unspecified atom stereocenters. The summed E-state index contributed by atoms with van der Waals surface area (Å²) < 4.78 is 7.41. The van der Waals surface area contributed by atoms with Crippen molar-refractivity contribution in [1.82, 2.24) is 19.9 Å². The van der Waals surface area contributed by atoms with E-state index in [4.69, 9.17) is 10.5 Å². The molecule has 1 aromatic heterocycles. The molecule has 1 aliphatic rings. The number of hydrogen-bond acceptors (Lipinski definition) is 5. The average Bonchev–Trinajstić information content (AvgIpc) is 3.13. The lowest BCUT2D eigenvalue weighted by Crippen LogP contribution is -2.41. The fraction of sp³-hybridized carbons (Fsp3) is 0.500. The summed E-state index contributed by atoms with van der Waals surface area (Å²) in [5.41, 5.74) is 7.92. The highest BCUT2D eigenvalue weighted by molar-refractivity contribution is 5.92. The summed E-state index contributed by atoms with van der Waals surface area (Å²) in [4.78, 5) is 14.4. The third kappa shape index (κ3) is 5.03. The van der Waals surface area contributed by atoms with Crippen LogP contribution in [0.1, 0.15) is 35.3 Å². The maximum atomic E-state index is 12.6. The highest BCUT2D eigenvalue weighted by atomic mass is 35.5. The van der Waals surface area contributed by atoms with Crippen molar-refractivity contribution >= 4 is 18.3 Å². The maximum absolute atomic E-state index is 12.6. The Morgan fingerprint density at radius 1 is 1.27 bits per heavy atom. The molecule has 3 rings (SSSR count). The molecule has 26 heavy (non-hydrogen) atoms. The number of carbonyl (C=O) groups is 1. The quantitative estimate of drug-likeness (QED) is 0.775. The minimum atomic E-state index is -0.0706. The van der Waals surface area contributed by atoms with E-state index < -0.39 is 0 Å². The van der Waals surface area contributed by atoms with Crippen LogP contribution in [0, 0.1) is 6.92 Å². The summed E-state index contributed by atoms with van der Waals surface area (Å²) in [6, 6.07) is 7.94. The van der Waals surface area contributed by atoms with Crippen molar-refractivity contribution in [2.45, 2.75) is 32.3 Å². The van der Waals surface area contributed by atoms with E-state index in [0.717, 1.165) is 24.9 Å². The van der Waals surface area contributed by atoms with Crippen LogP contribution in [-0.2, 0) is 4.74 Å². The van der Waals surface area contributed by atoms with Gasteiger partial charge in [-0.1, -0.05) is 22.9 Å². The molecule has 0 aliphatic carbocycles. The Labute approximate surface area is 159 Å². The molecule has 8 heteroatoms. The Balaban J connectivity index is 0.00000243. The van der Waals surface area contributed by atoms with Crippen LogP contribution in [0.4, 0.5) is 0 Å². The number of piperidine rings is 1. The van der Waals surface area contributed by atoms with E-state index in [1.165, 1.54) is 5.56 Å². The lowest BCUT2D eigenvalue weighted by Gasteiger charge is -2.31. The van der Waals surface area contributed by atoms with Crippen LogP contribution < -0.4 is 5.73 Å². The van der Waals surface area contributed by atoms with E-state index in [1.807, 2.05) is 36.1 Å². The Morgan fingerprint density at radius 2 is 1.96 bits per heavy atom. The first kappa shape index (κ1) is 20.4. The molecule has 7 nitrogen and oxygen atoms in total. The summed E-state index contributed by atoms with van der Waals surface area (Å²) in [6.07, 6.45) is 4.49. The van der Waals surface area contributed by atoms with Gasteiger partial charge in [0.15, 0.2) is 5.69 Å². The fourth-order valence-electron chi connectivity index (χ4n) is 2.91. The van der Waals surface area contributed by atoms with Gasteiger partial charge in [0.1, 0.15) is 0 Å². The SMILES string of the molecule is Cc1ccc(-n2cc(C(=O)N3CCC(OCCCN)CC3)nn2)cc1.Cl. The molecule has 1 saturated heterocycles. The van der Waals surface area contributed by atoms with E-state index in [9.17, 15) is 4.79 Å². The third-order valence-corrected chi connectivity index (χ3v) is 4.44. The zero-order valence-corrected chi connectivity index (χ0v) is 15.8. The van der Waals surface area contributed by atoms with Gasteiger partial charge in [0, 0.05) is 19.7 Å². The first-order chi connectivity index (χ1) is 12.2. The number of rotatable bonds is 6. The molecule has 0 saturated carbocycles.